The lowest BCUT2D eigenvalue weighted by Crippen LogP contribution is -2.33. The Balaban J connectivity index is 1.26. The van der Waals surface area contributed by atoms with Gasteiger partial charge in [0.1, 0.15) is 0 Å². The summed E-state index contributed by atoms with van der Waals surface area (Å²) in [5.41, 5.74) is 4.28. The lowest BCUT2D eigenvalue weighted by Gasteiger charge is -2.32. The lowest BCUT2D eigenvalue weighted by molar-refractivity contribution is 0.174. The summed E-state index contributed by atoms with van der Waals surface area (Å²) < 4.78 is 0. The van der Waals surface area contributed by atoms with Gasteiger partial charge < -0.3 is 5.11 Å². The second kappa shape index (κ2) is 9.01. The molecule has 0 radical (unpaired) electrons. The molecule has 2 aliphatic rings. The SMILES string of the molecule is OC1CCN(Cc2cccc(CN3CCC(Cc4ccccc4)CC3)c2)C1. The van der Waals surface area contributed by atoms with Crippen LogP contribution in [-0.4, -0.2) is 47.2 Å². The van der Waals surface area contributed by atoms with Crippen molar-refractivity contribution in [2.75, 3.05) is 26.2 Å². The molecule has 4 rings (SSSR count). The van der Waals surface area contributed by atoms with E-state index in [1.165, 1.54) is 49.0 Å². The van der Waals surface area contributed by atoms with Crippen molar-refractivity contribution in [1.29, 1.82) is 0 Å². The standard InChI is InChI=1S/C24H32N2O/c27-24-11-14-26(19-24)18-23-8-4-7-22(16-23)17-25-12-9-21(10-13-25)15-20-5-2-1-3-6-20/h1-8,16,21,24,27H,9-15,17-19H2. The van der Waals surface area contributed by atoms with Gasteiger partial charge in [-0.1, -0.05) is 54.6 Å². The Morgan fingerprint density at radius 3 is 2.04 bits per heavy atom. The van der Waals surface area contributed by atoms with Crippen LogP contribution in [-0.2, 0) is 19.5 Å². The zero-order valence-electron chi connectivity index (χ0n) is 16.3. The largest absolute Gasteiger partial charge is 0.392 e. The van der Waals surface area contributed by atoms with Gasteiger partial charge in [0.25, 0.3) is 0 Å². The van der Waals surface area contributed by atoms with E-state index in [0.717, 1.165) is 38.5 Å². The highest BCUT2D eigenvalue weighted by Gasteiger charge is 2.21. The average molecular weight is 365 g/mol. The van der Waals surface area contributed by atoms with Crippen molar-refractivity contribution in [3.63, 3.8) is 0 Å². The lowest BCUT2D eigenvalue weighted by atomic mass is 9.90. The van der Waals surface area contributed by atoms with E-state index < -0.39 is 0 Å². The first-order valence-electron chi connectivity index (χ1n) is 10.5. The van der Waals surface area contributed by atoms with E-state index in [1.54, 1.807) is 0 Å². The van der Waals surface area contributed by atoms with E-state index in [4.69, 9.17) is 0 Å². The number of nitrogens with zero attached hydrogens (tertiary/aromatic N) is 2. The highest BCUT2D eigenvalue weighted by atomic mass is 16.3. The van der Waals surface area contributed by atoms with Gasteiger partial charge in [-0.05, 0) is 61.4 Å². The third-order valence-corrected chi connectivity index (χ3v) is 6.13. The first-order valence-corrected chi connectivity index (χ1v) is 10.5. The third-order valence-electron chi connectivity index (χ3n) is 6.13. The van der Waals surface area contributed by atoms with Crippen LogP contribution in [0.1, 0.15) is 36.0 Å². The molecule has 27 heavy (non-hydrogen) atoms. The molecule has 2 aromatic rings. The predicted octanol–water partition coefficient (Wildman–Crippen LogP) is 3.71. The summed E-state index contributed by atoms with van der Waals surface area (Å²) in [5.74, 6) is 0.830. The van der Waals surface area contributed by atoms with Gasteiger partial charge in [0, 0.05) is 26.2 Å². The van der Waals surface area contributed by atoms with Gasteiger partial charge in [0.15, 0.2) is 0 Å². The molecule has 2 saturated heterocycles. The van der Waals surface area contributed by atoms with E-state index >= 15 is 0 Å². The van der Waals surface area contributed by atoms with Crippen molar-refractivity contribution in [1.82, 2.24) is 9.80 Å². The minimum atomic E-state index is -0.134. The van der Waals surface area contributed by atoms with Crippen LogP contribution in [0.3, 0.4) is 0 Å². The first-order chi connectivity index (χ1) is 13.2. The zero-order chi connectivity index (χ0) is 18.5. The van der Waals surface area contributed by atoms with Crippen LogP contribution in [0.2, 0.25) is 0 Å². The molecular weight excluding hydrogens is 332 g/mol. The molecule has 144 valence electrons. The highest BCUT2D eigenvalue weighted by molar-refractivity contribution is 5.23. The molecule has 0 aromatic heterocycles. The van der Waals surface area contributed by atoms with Gasteiger partial charge in [0.2, 0.25) is 0 Å². The molecule has 2 aromatic carbocycles. The minimum Gasteiger partial charge on any atom is -0.392 e. The predicted molar refractivity (Wildman–Crippen MR) is 110 cm³/mol. The number of piperidine rings is 1. The van der Waals surface area contributed by atoms with Crippen LogP contribution in [0.5, 0.6) is 0 Å². The van der Waals surface area contributed by atoms with Crippen LogP contribution >= 0.6 is 0 Å². The van der Waals surface area contributed by atoms with E-state index in [0.29, 0.717) is 0 Å². The molecule has 0 aliphatic carbocycles. The van der Waals surface area contributed by atoms with Gasteiger partial charge in [-0.2, -0.15) is 0 Å². The van der Waals surface area contributed by atoms with Crippen LogP contribution in [0, 0.1) is 5.92 Å². The fourth-order valence-corrected chi connectivity index (χ4v) is 4.59. The van der Waals surface area contributed by atoms with Crippen molar-refractivity contribution in [2.45, 2.75) is 44.9 Å². The maximum Gasteiger partial charge on any atom is 0.0679 e. The Morgan fingerprint density at radius 1 is 0.741 bits per heavy atom. The molecule has 2 aliphatic heterocycles. The number of β-amino-alcohol motifs (C(OH)–C–C–N with tert-alkyl or cyclic N) is 1. The van der Waals surface area contributed by atoms with Crippen LogP contribution in [0.25, 0.3) is 0 Å². The fourth-order valence-electron chi connectivity index (χ4n) is 4.59. The average Bonchev–Trinajstić information content (AvgIpc) is 3.09. The normalized spacial score (nSPS) is 22.3. The molecule has 0 spiro atoms. The zero-order valence-corrected chi connectivity index (χ0v) is 16.3. The van der Waals surface area contributed by atoms with Crippen LogP contribution < -0.4 is 0 Å². The highest BCUT2D eigenvalue weighted by Crippen LogP contribution is 2.23. The summed E-state index contributed by atoms with van der Waals surface area (Å²) in [7, 11) is 0. The van der Waals surface area contributed by atoms with Crippen LogP contribution in [0.15, 0.2) is 54.6 Å². The Bertz CT molecular complexity index is 709. The fraction of sp³-hybridized carbons (Fsp3) is 0.500. The number of hydrogen-bond donors (Lipinski definition) is 1. The number of benzene rings is 2. The maximum atomic E-state index is 9.71. The summed E-state index contributed by atoms with van der Waals surface area (Å²) in [6.07, 6.45) is 4.62. The Labute approximate surface area is 163 Å². The van der Waals surface area contributed by atoms with E-state index in [9.17, 15) is 5.11 Å². The topological polar surface area (TPSA) is 26.7 Å². The van der Waals surface area contributed by atoms with Gasteiger partial charge >= 0.3 is 0 Å². The molecule has 0 amide bonds. The molecule has 1 unspecified atom stereocenters. The molecule has 0 bridgehead atoms. The quantitative estimate of drug-likeness (QED) is 0.846. The summed E-state index contributed by atoms with van der Waals surface area (Å²) >= 11 is 0. The molecule has 3 heteroatoms. The van der Waals surface area contributed by atoms with Gasteiger partial charge in [0.05, 0.1) is 6.10 Å². The smallest absolute Gasteiger partial charge is 0.0679 e. The molecule has 1 N–H and O–H groups in total. The van der Waals surface area contributed by atoms with E-state index in [2.05, 4.69) is 64.4 Å². The third kappa shape index (κ3) is 5.41. The van der Waals surface area contributed by atoms with E-state index in [1.807, 2.05) is 0 Å². The van der Waals surface area contributed by atoms with Crippen molar-refractivity contribution >= 4 is 0 Å². The summed E-state index contributed by atoms with van der Waals surface area (Å²) in [5, 5.41) is 9.71. The molecule has 1 atom stereocenters. The number of likely N-dealkylation sites (tertiary alicyclic amines) is 2. The number of hydrogen-bond acceptors (Lipinski definition) is 3. The van der Waals surface area contributed by atoms with Gasteiger partial charge in [-0.15, -0.1) is 0 Å². The second-order valence-electron chi connectivity index (χ2n) is 8.41. The van der Waals surface area contributed by atoms with Gasteiger partial charge in [-0.3, -0.25) is 9.80 Å². The van der Waals surface area contributed by atoms with Crippen molar-refractivity contribution in [3.05, 3.63) is 71.3 Å². The monoisotopic (exact) mass is 364 g/mol. The Hall–Kier alpha value is -1.68. The Morgan fingerprint density at radius 2 is 1.37 bits per heavy atom. The number of aliphatic hydroxyl groups is 1. The minimum absolute atomic E-state index is 0.134. The number of aliphatic hydroxyl groups excluding tert-OH is 1. The molecular formula is C24H32N2O. The van der Waals surface area contributed by atoms with Crippen molar-refractivity contribution in [2.24, 2.45) is 5.92 Å². The summed E-state index contributed by atoms with van der Waals surface area (Å²) in [4.78, 5) is 4.97. The summed E-state index contributed by atoms with van der Waals surface area (Å²) in [6, 6.07) is 20.0. The van der Waals surface area contributed by atoms with E-state index in [-0.39, 0.29) is 6.10 Å². The van der Waals surface area contributed by atoms with Crippen molar-refractivity contribution in [3.8, 4) is 0 Å². The van der Waals surface area contributed by atoms with Crippen molar-refractivity contribution < 1.29 is 5.11 Å². The second-order valence-corrected chi connectivity index (χ2v) is 8.41. The Kier molecular flexibility index (Phi) is 6.23. The first kappa shape index (κ1) is 18.7. The molecule has 0 saturated carbocycles. The molecule has 2 heterocycles. The number of rotatable bonds is 6. The summed E-state index contributed by atoms with van der Waals surface area (Å²) in [6.45, 7) is 6.28. The van der Waals surface area contributed by atoms with Crippen LogP contribution in [0.4, 0.5) is 0 Å². The molecule has 2 fully saturated rings. The van der Waals surface area contributed by atoms with Gasteiger partial charge in [-0.25, -0.2) is 0 Å². The molecule has 3 nitrogen and oxygen atoms in total. The maximum absolute atomic E-state index is 9.71.